The number of carboxylic acids is 1. The zero-order chi connectivity index (χ0) is 15.0. The summed E-state index contributed by atoms with van der Waals surface area (Å²) in [7, 11) is 0. The second-order valence-corrected chi connectivity index (χ2v) is 6.10. The predicted octanol–water partition coefficient (Wildman–Crippen LogP) is 2.27. The van der Waals surface area contributed by atoms with E-state index in [9.17, 15) is 9.59 Å². The lowest BCUT2D eigenvalue weighted by atomic mass is 9.95. The molecule has 2 fully saturated rings. The van der Waals surface area contributed by atoms with Gasteiger partial charge in [-0.05, 0) is 44.1 Å². The number of carboxylic acid groups (broad SMARTS) is 1. The number of hydrogen-bond acceptors (Lipinski definition) is 3. The molecule has 3 atom stereocenters. The van der Waals surface area contributed by atoms with Crippen LogP contribution in [0.15, 0.2) is 10.5 Å². The fourth-order valence-corrected chi connectivity index (χ4v) is 3.65. The molecule has 3 N–H and O–H groups in total. The third kappa shape index (κ3) is 2.89. The van der Waals surface area contributed by atoms with E-state index >= 15 is 0 Å². The maximum Gasteiger partial charge on any atom is 0.339 e. The highest BCUT2D eigenvalue weighted by atomic mass is 16.4. The Labute approximate surface area is 122 Å². The van der Waals surface area contributed by atoms with E-state index in [0.717, 1.165) is 12.3 Å². The molecule has 0 aromatic carbocycles. The van der Waals surface area contributed by atoms with Crippen molar-refractivity contribution in [3.8, 4) is 0 Å². The average molecular weight is 292 g/mol. The highest BCUT2D eigenvalue weighted by Gasteiger charge is 2.40. The molecule has 3 rings (SSSR count). The number of hydrogen-bond donors (Lipinski definition) is 3. The minimum absolute atomic E-state index is 0.139. The van der Waals surface area contributed by atoms with Crippen LogP contribution in [0.4, 0.5) is 4.79 Å². The SMILES string of the molecule is Cc1oc(CNC(=O)NC2CC3CCC2C3)cc1C(=O)O. The molecule has 21 heavy (non-hydrogen) atoms. The first-order valence-electron chi connectivity index (χ1n) is 7.40. The van der Waals surface area contributed by atoms with Gasteiger partial charge in [-0.2, -0.15) is 0 Å². The lowest BCUT2D eigenvalue weighted by Crippen LogP contribution is -2.44. The highest BCUT2D eigenvalue weighted by Crippen LogP contribution is 2.44. The number of nitrogens with one attached hydrogen (secondary N) is 2. The van der Waals surface area contributed by atoms with Crippen molar-refractivity contribution < 1.29 is 19.1 Å². The van der Waals surface area contributed by atoms with Crippen molar-refractivity contribution in [2.75, 3.05) is 0 Å². The van der Waals surface area contributed by atoms with E-state index in [4.69, 9.17) is 9.52 Å². The molecule has 0 spiro atoms. The molecule has 2 amide bonds. The number of carbonyl (C=O) groups is 2. The summed E-state index contributed by atoms with van der Waals surface area (Å²) in [5, 5.41) is 14.7. The molecule has 1 aromatic heterocycles. The highest BCUT2D eigenvalue weighted by molar-refractivity contribution is 5.88. The van der Waals surface area contributed by atoms with E-state index in [2.05, 4.69) is 10.6 Å². The number of rotatable bonds is 4. The van der Waals surface area contributed by atoms with Gasteiger partial charge in [0.25, 0.3) is 0 Å². The van der Waals surface area contributed by atoms with Gasteiger partial charge in [0.05, 0.1) is 6.54 Å². The molecule has 6 nitrogen and oxygen atoms in total. The lowest BCUT2D eigenvalue weighted by molar-refractivity contribution is 0.0695. The minimum Gasteiger partial charge on any atom is -0.478 e. The molecule has 0 radical (unpaired) electrons. The van der Waals surface area contributed by atoms with Crippen molar-refractivity contribution in [1.29, 1.82) is 0 Å². The summed E-state index contributed by atoms with van der Waals surface area (Å²) in [6, 6.07) is 1.53. The molecular weight excluding hydrogens is 272 g/mol. The zero-order valence-electron chi connectivity index (χ0n) is 12.0. The number of fused-ring (bicyclic) bond motifs is 2. The van der Waals surface area contributed by atoms with Gasteiger partial charge in [0.1, 0.15) is 17.1 Å². The topological polar surface area (TPSA) is 91.6 Å². The Morgan fingerprint density at radius 1 is 1.38 bits per heavy atom. The fraction of sp³-hybridized carbons (Fsp3) is 0.600. The molecule has 2 aliphatic rings. The van der Waals surface area contributed by atoms with Crippen LogP contribution in [0.2, 0.25) is 0 Å². The Hall–Kier alpha value is -1.98. The van der Waals surface area contributed by atoms with Crippen molar-refractivity contribution in [2.45, 2.75) is 45.2 Å². The summed E-state index contributed by atoms with van der Waals surface area (Å²) in [4.78, 5) is 22.8. The largest absolute Gasteiger partial charge is 0.478 e. The maximum absolute atomic E-state index is 11.9. The number of aromatic carboxylic acids is 1. The monoisotopic (exact) mass is 292 g/mol. The van der Waals surface area contributed by atoms with Crippen molar-refractivity contribution in [3.63, 3.8) is 0 Å². The van der Waals surface area contributed by atoms with E-state index in [1.165, 1.54) is 25.3 Å². The number of urea groups is 1. The van der Waals surface area contributed by atoms with Crippen LogP contribution in [0.1, 0.15) is 47.6 Å². The number of aryl methyl sites for hydroxylation is 1. The Bertz CT molecular complexity index is 566. The van der Waals surface area contributed by atoms with Crippen LogP contribution in [-0.2, 0) is 6.54 Å². The van der Waals surface area contributed by atoms with Gasteiger partial charge in [-0.1, -0.05) is 6.42 Å². The molecule has 3 unspecified atom stereocenters. The van der Waals surface area contributed by atoms with Crippen LogP contribution in [0, 0.1) is 18.8 Å². The van der Waals surface area contributed by atoms with Gasteiger partial charge in [0, 0.05) is 6.04 Å². The van der Waals surface area contributed by atoms with Gasteiger partial charge in [0.2, 0.25) is 0 Å². The van der Waals surface area contributed by atoms with E-state index in [1.54, 1.807) is 6.92 Å². The third-order valence-corrected chi connectivity index (χ3v) is 4.68. The second kappa shape index (κ2) is 5.42. The minimum atomic E-state index is -1.02. The van der Waals surface area contributed by atoms with Gasteiger partial charge in [-0.15, -0.1) is 0 Å². The summed E-state index contributed by atoms with van der Waals surface area (Å²) >= 11 is 0. The molecule has 6 heteroatoms. The van der Waals surface area contributed by atoms with E-state index in [1.807, 2.05) is 0 Å². The number of amides is 2. The average Bonchev–Trinajstić information content (AvgIpc) is 3.11. The molecule has 1 heterocycles. The summed E-state index contributed by atoms with van der Waals surface area (Å²) in [5.74, 6) is 1.20. The van der Waals surface area contributed by atoms with Crippen molar-refractivity contribution in [2.24, 2.45) is 11.8 Å². The third-order valence-electron chi connectivity index (χ3n) is 4.68. The molecule has 0 saturated heterocycles. The Balaban J connectivity index is 1.49. The maximum atomic E-state index is 11.9. The van der Waals surface area contributed by atoms with Gasteiger partial charge in [0.15, 0.2) is 0 Å². The quantitative estimate of drug-likeness (QED) is 0.794. The molecule has 2 saturated carbocycles. The van der Waals surface area contributed by atoms with E-state index < -0.39 is 5.97 Å². The first-order valence-corrected chi connectivity index (χ1v) is 7.40. The smallest absolute Gasteiger partial charge is 0.339 e. The summed E-state index contributed by atoms with van der Waals surface area (Å²) < 4.78 is 5.32. The van der Waals surface area contributed by atoms with Crippen LogP contribution in [0.3, 0.4) is 0 Å². The first kappa shape index (κ1) is 14.0. The number of carbonyl (C=O) groups excluding carboxylic acids is 1. The summed E-state index contributed by atoms with van der Waals surface area (Å²) in [6.07, 6.45) is 4.84. The van der Waals surface area contributed by atoms with Crippen molar-refractivity contribution in [3.05, 3.63) is 23.2 Å². The van der Waals surface area contributed by atoms with Gasteiger partial charge >= 0.3 is 12.0 Å². The Kier molecular flexibility index (Phi) is 3.61. The number of furan rings is 1. The predicted molar refractivity (Wildman–Crippen MR) is 75.0 cm³/mol. The van der Waals surface area contributed by atoms with E-state index in [-0.39, 0.29) is 24.2 Å². The first-order chi connectivity index (χ1) is 10.0. The molecule has 2 bridgehead atoms. The zero-order valence-corrected chi connectivity index (χ0v) is 12.0. The fourth-order valence-electron chi connectivity index (χ4n) is 3.65. The van der Waals surface area contributed by atoms with Crippen LogP contribution in [-0.4, -0.2) is 23.1 Å². The summed E-state index contributed by atoms with van der Waals surface area (Å²) in [5.41, 5.74) is 0.139. The Morgan fingerprint density at radius 2 is 2.19 bits per heavy atom. The van der Waals surface area contributed by atoms with Crippen molar-refractivity contribution in [1.82, 2.24) is 10.6 Å². The molecular formula is C15H20N2O4. The standard InChI is InChI=1S/C15H20N2O4/c1-8-12(14(18)19)6-11(21-8)7-16-15(20)17-13-5-9-2-3-10(13)4-9/h6,9-10,13H,2-5,7H2,1H3,(H,18,19)(H2,16,17,20). The molecule has 1 aromatic rings. The summed E-state index contributed by atoms with van der Waals surface area (Å²) in [6.45, 7) is 1.79. The van der Waals surface area contributed by atoms with Crippen molar-refractivity contribution >= 4 is 12.0 Å². The lowest BCUT2D eigenvalue weighted by Gasteiger charge is -2.22. The molecule has 114 valence electrons. The van der Waals surface area contributed by atoms with Gasteiger partial charge in [-0.3, -0.25) is 0 Å². The van der Waals surface area contributed by atoms with Crippen LogP contribution in [0.5, 0.6) is 0 Å². The van der Waals surface area contributed by atoms with Crippen LogP contribution < -0.4 is 10.6 Å². The molecule has 2 aliphatic carbocycles. The normalized spacial score (nSPS) is 26.8. The molecule has 0 aliphatic heterocycles. The van der Waals surface area contributed by atoms with Gasteiger partial charge < -0.3 is 20.2 Å². The van der Waals surface area contributed by atoms with Crippen LogP contribution in [0.25, 0.3) is 0 Å². The second-order valence-electron chi connectivity index (χ2n) is 6.10. The van der Waals surface area contributed by atoms with E-state index in [0.29, 0.717) is 17.4 Å². The van der Waals surface area contributed by atoms with Crippen LogP contribution >= 0.6 is 0 Å². The van der Waals surface area contributed by atoms with Gasteiger partial charge in [-0.25, -0.2) is 9.59 Å². The Morgan fingerprint density at radius 3 is 2.76 bits per heavy atom.